The third-order valence-corrected chi connectivity index (χ3v) is 2.15. The summed E-state index contributed by atoms with van der Waals surface area (Å²) in [7, 11) is 0. The molecule has 0 spiro atoms. The molecule has 0 radical (unpaired) electrons. The number of alkyl halides is 1. The largest absolute Gasteiger partial charge is 0.475 e. The summed E-state index contributed by atoms with van der Waals surface area (Å²) in [6.07, 6.45) is 0. The smallest absolute Gasteiger partial charge is 0.377 e. The van der Waals surface area contributed by atoms with Crippen LogP contribution in [0.25, 0.3) is 0 Å². The van der Waals surface area contributed by atoms with Crippen molar-refractivity contribution < 1.29 is 27.9 Å². The lowest BCUT2D eigenvalue weighted by Gasteiger charge is -2.15. The van der Waals surface area contributed by atoms with E-state index in [0.29, 0.717) is 12.1 Å². The van der Waals surface area contributed by atoms with E-state index in [4.69, 9.17) is 5.11 Å². The fourth-order valence-corrected chi connectivity index (χ4v) is 1.21. The first-order chi connectivity index (χ1) is 7.64. The number of carboxylic acids is 1. The van der Waals surface area contributed by atoms with E-state index >= 15 is 0 Å². The van der Waals surface area contributed by atoms with Crippen molar-refractivity contribution in [3.63, 3.8) is 0 Å². The first-order valence-corrected chi connectivity index (χ1v) is 4.60. The molecule has 0 aliphatic rings. The average molecular weight is 246 g/mol. The van der Waals surface area contributed by atoms with E-state index in [-0.39, 0.29) is 5.56 Å². The fourth-order valence-electron chi connectivity index (χ4n) is 1.21. The van der Waals surface area contributed by atoms with Gasteiger partial charge in [-0.1, -0.05) is 0 Å². The van der Waals surface area contributed by atoms with Gasteiger partial charge in [0.05, 0.1) is 5.56 Å². The molecular weight excluding hydrogens is 237 g/mol. The van der Waals surface area contributed by atoms with E-state index in [0.717, 1.165) is 13.8 Å². The van der Waals surface area contributed by atoms with Gasteiger partial charge in [0.25, 0.3) is 5.78 Å². The maximum Gasteiger partial charge on any atom is 0.377 e. The summed E-state index contributed by atoms with van der Waals surface area (Å²) < 4.78 is 39.8. The Kier molecular flexibility index (Phi) is 3.26. The Bertz CT molecular complexity index is 489. The molecule has 0 bridgehead atoms. The van der Waals surface area contributed by atoms with E-state index in [1.165, 1.54) is 0 Å². The number of hydrogen-bond acceptors (Lipinski definition) is 2. The normalized spacial score (nSPS) is 11.4. The summed E-state index contributed by atoms with van der Waals surface area (Å²) in [4.78, 5) is 21.5. The Balaban J connectivity index is 3.46. The van der Waals surface area contributed by atoms with Gasteiger partial charge < -0.3 is 5.11 Å². The minimum absolute atomic E-state index is 0.305. The second kappa shape index (κ2) is 4.20. The number of ketones is 1. The van der Waals surface area contributed by atoms with Crippen molar-refractivity contribution >= 4 is 11.8 Å². The monoisotopic (exact) mass is 246 g/mol. The Morgan fingerprint density at radius 1 is 1.24 bits per heavy atom. The molecule has 1 N–H and O–H groups in total. The molecule has 3 nitrogen and oxygen atoms in total. The molecule has 0 unspecified atom stereocenters. The lowest BCUT2D eigenvalue weighted by Crippen LogP contribution is -2.18. The van der Waals surface area contributed by atoms with Crippen molar-refractivity contribution in [3.05, 3.63) is 34.9 Å². The molecule has 0 aliphatic heterocycles. The molecular formula is C11H9F3O3. The molecule has 0 atom stereocenters. The molecule has 0 saturated carbocycles. The second-order valence-corrected chi connectivity index (χ2v) is 3.93. The van der Waals surface area contributed by atoms with Gasteiger partial charge in [0.2, 0.25) is 0 Å². The lowest BCUT2D eigenvalue weighted by molar-refractivity contribution is -0.131. The van der Waals surface area contributed by atoms with Crippen molar-refractivity contribution in [2.75, 3.05) is 0 Å². The van der Waals surface area contributed by atoms with Crippen LogP contribution in [0.1, 0.15) is 29.8 Å². The first kappa shape index (κ1) is 13.2. The highest BCUT2D eigenvalue weighted by Gasteiger charge is 2.27. The summed E-state index contributed by atoms with van der Waals surface area (Å²) in [6, 6.07) is 1.29. The van der Waals surface area contributed by atoms with Crippen LogP contribution in [0.15, 0.2) is 12.1 Å². The second-order valence-electron chi connectivity index (χ2n) is 3.93. The number of carbonyl (C=O) groups is 2. The van der Waals surface area contributed by atoms with Crippen LogP contribution in [0.3, 0.4) is 0 Å². The SMILES string of the molecule is CC(C)(F)c1cc(F)c(F)c(C(=O)C(=O)O)c1. The number of halogens is 3. The van der Waals surface area contributed by atoms with Crippen molar-refractivity contribution in [2.24, 2.45) is 0 Å². The van der Waals surface area contributed by atoms with E-state index in [2.05, 4.69) is 0 Å². The molecule has 17 heavy (non-hydrogen) atoms. The number of carboxylic acid groups (broad SMARTS) is 1. The summed E-state index contributed by atoms with van der Waals surface area (Å²) in [5, 5.41) is 8.41. The molecule has 0 fully saturated rings. The zero-order valence-electron chi connectivity index (χ0n) is 9.05. The predicted molar refractivity (Wildman–Crippen MR) is 52.5 cm³/mol. The van der Waals surface area contributed by atoms with Gasteiger partial charge >= 0.3 is 5.97 Å². The minimum Gasteiger partial charge on any atom is -0.475 e. The van der Waals surface area contributed by atoms with E-state index in [1.54, 1.807) is 0 Å². The zero-order chi connectivity index (χ0) is 13.4. The number of benzene rings is 1. The number of aliphatic carboxylic acids is 1. The van der Waals surface area contributed by atoms with Gasteiger partial charge in [0, 0.05) is 0 Å². The number of rotatable bonds is 3. The van der Waals surface area contributed by atoms with Gasteiger partial charge in [-0.15, -0.1) is 0 Å². The highest BCUT2D eigenvalue weighted by Crippen LogP contribution is 2.28. The van der Waals surface area contributed by atoms with Crippen LogP contribution in [0.5, 0.6) is 0 Å². The van der Waals surface area contributed by atoms with Crippen molar-refractivity contribution in [1.29, 1.82) is 0 Å². The fraction of sp³-hybridized carbons (Fsp3) is 0.273. The van der Waals surface area contributed by atoms with Crippen molar-refractivity contribution in [3.8, 4) is 0 Å². The van der Waals surface area contributed by atoms with Crippen LogP contribution in [0.4, 0.5) is 13.2 Å². The van der Waals surface area contributed by atoms with E-state index in [1.807, 2.05) is 0 Å². The van der Waals surface area contributed by atoms with Crippen LogP contribution in [-0.2, 0) is 10.5 Å². The minimum atomic E-state index is -2.01. The number of carbonyl (C=O) groups excluding carboxylic acids is 1. The first-order valence-electron chi connectivity index (χ1n) is 4.60. The summed E-state index contributed by atoms with van der Waals surface area (Å²) in [5.74, 6) is -6.60. The van der Waals surface area contributed by atoms with Crippen molar-refractivity contribution in [1.82, 2.24) is 0 Å². The van der Waals surface area contributed by atoms with Gasteiger partial charge in [0.15, 0.2) is 11.6 Å². The standard InChI is InChI=1S/C11H9F3O3/c1-11(2,14)5-3-6(9(15)10(16)17)8(13)7(12)4-5/h3-4H,1-2H3,(H,16,17). The van der Waals surface area contributed by atoms with Crippen LogP contribution < -0.4 is 0 Å². The van der Waals surface area contributed by atoms with Crippen LogP contribution in [0, 0.1) is 11.6 Å². The Hall–Kier alpha value is -1.85. The zero-order valence-corrected chi connectivity index (χ0v) is 9.05. The van der Waals surface area contributed by atoms with Crippen LogP contribution >= 0.6 is 0 Å². The third kappa shape index (κ3) is 2.64. The highest BCUT2D eigenvalue weighted by molar-refractivity contribution is 6.39. The summed E-state index contributed by atoms with van der Waals surface area (Å²) in [6.45, 7) is 2.16. The predicted octanol–water partition coefficient (Wildman–Crippen LogP) is 2.44. The van der Waals surface area contributed by atoms with E-state index < -0.39 is 34.6 Å². The highest BCUT2D eigenvalue weighted by atomic mass is 19.2. The third-order valence-electron chi connectivity index (χ3n) is 2.15. The molecule has 1 aromatic rings. The van der Waals surface area contributed by atoms with E-state index in [9.17, 15) is 22.8 Å². The molecule has 0 saturated heterocycles. The molecule has 1 rings (SSSR count). The Morgan fingerprint density at radius 2 is 1.76 bits per heavy atom. The topological polar surface area (TPSA) is 54.4 Å². The molecule has 0 amide bonds. The van der Waals surface area contributed by atoms with Gasteiger partial charge in [-0.05, 0) is 31.5 Å². The molecule has 0 aliphatic carbocycles. The molecule has 1 aromatic carbocycles. The summed E-state index contributed by atoms with van der Waals surface area (Å²) in [5.41, 5.74) is -3.30. The van der Waals surface area contributed by atoms with Crippen LogP contribution in [0.2, 0.25) is 0 Å². The molecule has 6 heteroatoms. The quantitative estimate of drug-likeness (QED) is 0.658. The van der Waals surface area contributed by atoms with Gasteiger partial charge in [-0.25, -0.2) is 18.0 Å². The van der Waals surface area contributed by atoms with Gasteiger partial charge in [-0.3, -0.25) is 4.79 Å². The molecule has 0 heterocycles. The van der Waals surface area contributed by atoms with Gasteiger partial charge in [0.1, 0.15) is 5.67 Å². The average Bonchev–Trinajstić information content (AvgIpc) is 2.19. The Labute approximate surface area is 94.9 Å². The van der Waals surface area contributed by atoms with Crippen LogP contribution in [-0.4, -0.2) is 16.9 Å². The molecule has 0 aromatic heterocycles. The number of Topliss-reactive ketones (excluding diaryl/α,β-unsaturated/α-hetero) is 1. The summed E-state index contributed by atoms with van der Waals surface area (Å²) >= 11 is 0. The maximum atomic E-state index is 13.5. The lowest BCUT2D eigenvalue weighted by atomic mass is 9.96. The number of hydrogen-bond donors (Lipinski definition) is 1. The molecule has 92 valence electrons. The van der Waals surface area contributed by atoms with Crippen molar-refractivity contribution in [2.45, 2.75) is 19.5 Å². The Morgan fingerprint density at radius 3 is 2.18 bits per heavy atom. The maximum absolute atomic E-state index is 13.5. The van der Waals surface area contributed by atoms with Gasteiger partial charge in [-0.2, -0.15) is 0 Å².